The van der Waals surface area contributed by atoms with E-state index in [2.05, 4.69) is 20.8 Å². The van der Waals surface area contributed by atoms with E-state index in [-0.39, 0.29) is 30.5 Å². The molecule has 39 heavy (non-hydrogen) atoms. The summed E-state index contributed by atoms with van der Waals surface area (Å²) in [7, 11) is 4.69. The number of nitrogens with one attached hydrogen (secondary N) is 2. The van der Waals surface area contributed by atoms with Gasteiger partial charge in [0.2, 0.25) is 11.8 Å². The lowest BCUT2D eigenvalue weighted by Gasteiger charge is -2.17. The van der Waals surface area contributed by atoms with Crippen molar-refractivity contribution in [3.05, 3.63) is 84.2 Å². The van der Waals surface area contributed by atoms with Gasteiger partial charge in [-0.25, -0.2) is 0 Å². The predicted octanol–water partition coefficient (Wildman–Crippen LogP) is 3.88. The number of nitrogens with zero attached hydrogens (tertiary/aromatic N) is 3. The first kappa shape index (κ1) is 27.5. The fraction of sp³-hybridized carbons (Fsp3) is 0.214. The number of para-hydroxylation sites is 1. The Morgan fingerprint density at radius 2 is 1.51 bits per heavy atom. The van der Waals surface area contributed by atoms with Crippen LogP contribution in [0.4, 0.5) is 5.69 Å². The van der Waals surface area contributed by atoms with Crippen LogP contribution in [0, 0.1) is 0 Å². The number of ether oxygens (including phenoxy) is 3. The molecule has 0 aliphatic carbocycles. The van der Waals surface area contributed by atoms with E-state index in [1.807, 2.05) is 36.4 Å². The Kier molecular flexibility index (Phi) is 9.41. The molecule has 0 fully saturated rings. The van der Waals surface area contributed by atoms with Gasteiger partial charge in [0.05, 0.1) is 40.0 Å². The Balaban J connectivity index is 1.55. The highest BCUT2D eigenvalue weighted by atomic mass is 32.2. The van der Waals surface area contributed by atoms with E-state index in [4.69, 9.17) is 14.2 Å². The van der Waals surface area contributed by atoms with Gasteiger partial charge in [0.15, 0.2) is 11.0 Å². The number of thioether (sulfide) groups is 1. The van der Waals surface area contributed by atoms with E-state index in [1.54, 1.807) is 62.3 Å². The second kappa shape index (κ2) is 13.3. The van der Waals surface area contributed by atoms with Crippen LogP contribution >= 0.6 is 11.8 Å². The van der Waals surface area contributed by atoms with Crippen LogP contribution in [-0.2, 0) is 22.6 Å². The first-order valence-electron chi connectivity index (χ1n) is 12.1. The lowest BCUT2D eigenvalue weighted by Crippen LogP contribution is -2.26. The van der Waals surface area contributed by atoms with Gasteiger partial charge < -0.3 is 24.8 Å². The Bertz CT molecular complexity index is 1390. The topological polar surface area (TPSA) is 117 Å². The van der Waals surface area contributed by atoms with Crippen molar-refractivity contribution in [1.82, 2.24) is 20.1 Å². The predicted molar refractivity (Wildman–Crippen MR) is 149 cm³/mol. The number of hydrogen-bond donors (Lipinski definition) is 2. The van der Waals surface area contributed by atoms with Crippen molar-refractivity contribution in [2.24, 2.45) is 0 Å². The molecule has 0 unspecified atom stereocenters. The van der Waals surface area contributed by atoms with Gasteiger partial charge in [-0.3, -0.25) is 14.2 Å². The van der Waals surface area contributed by atoms with E-state index in [1.165, 1.54) is 11.8 Å². The third kappa shape index (κ3) is 7.08. The molecule has 0 atom stereocenters. The number of carbonyl (C=O) groups is 2. The molecule has 0 spiro atoms. The lowest BCUT2D eigenvalue weighted by atomic mass is 10.1. The van der Waals surface area contributed by atoms with Gasteiger partial charge in [-0.2, -0.15) is 0 Å². The van der Waals surface area contributed by atoms with Crippen LogP contribution in [0.5, 0.6) is 17.2 Å². The molecule has 3 aromatic carbocycles. The average molecular weight is 548 g/mol. The molecule has 0 radical (unpaired) electrons. The minimum absolute atomic E-state index is 0.0714. The van der Waals surface area contributed by atoms with Crippen LogP contribution in [0.1, 0.15) is 11.4 Å². The van der Waals surface area contributed by atoms with Crippen molar-refractivity contribution in [1.29, 1.82) is 0 Å². The van der Waals surface area contributed by atoms with Gasteiger partial charge in [-0.05, 0) is 42.0 Å². The summed E-state index contributed by atoms with van der Waals surface area (Å²) < 4.78 is 18.1. The van der Waals surface area contributed by atoms with Gasteiger partial charge in [0.1, 0.15) is 22.9 Å². The maximum atomic E-state index is 12.7. The van der Waals surface area contributed by atoms with Crippen molar-refractivity contribution in [3.8, 4) is 22.9 Å². The molecule has 0 saturated carbocycles. The Hall–Kier alpha value is -4.51. The molecule has 11 heteroatoms. The molecule has 0 saturated heterocycles. The highest BCUT2D eigenvalue weighted by Gasteiger charge is 2.22. The summed E-state index contributed by atoms with van der Waals surface area (Å²) in [6.45, 7) is 0.110. The van der Waals surface area contributed by atoms with Gasteiger partial charge in [0, 0.05) is 5.69 Å². The lowest BCUT2D eigenvalue weighted by molar-refractivity contribution is -0.120. The first-order valence-corrected chi connectivity index (χ1v) is 13.0. The third-order valence-electron chi connectivity index (χ3n) is 5.68. The van der Waals surface area contributed by atoms with Crippen molar-refractivity contribution >= 4 is 29.3 Å². The van der Waals surface area contributed by atoms with Crippen LogP contribution in [-0.4, -0.2) is 53.7 Å². The minimum atomic E-state index is -0.218. The van der Waals surface area contributed by atoms with Gasteiger partial charge in [-0.15, -0.1) is 10.2 Å². The van der Waals surface area contributed by atoms with Crippen molar-refractivity contribution < 1.29 is 23.8 Å². The van der Waals surface area contributed by atoms with Crippen molar-refractivity contribution in [2.75, 3.05) is 32.4 Å². The molecule has 0 aliphatic rings. The molecule has 10 nitrogen and oxygen atoms in total. The van der Waals surface area contributed by atoms with Crippen molar-refractivity contribution in [3.63, 3.8) is 0 Å². The summed E-state index contributed by atoms with van der Waals surface area (Å²) in [4.78, 5) is 25.3. The Morgan fingerprint density at radius 3 is 2.15 bits per heavy atom. The number of amides is 2. The second-order valence-corrected chi connectivity index (χ2v) is 9.19. The minimum Gasteiger partial charge on any atom is -0.497 e. The van der Waals surface area contributed by atoms with Crippen molar-refractivity contribution in [2.45, 2.75) is 18.1 Å². The van der Waals surface area contributed by atoms with Crippen LogP contribution < -0.4 is 24.8 Å². The zero-order valence-corrected chi connectivity index (χ0v) is 22.7. The van der Waals surface area contributed by atoms with Crippen LogP contribution in [0.25, 0.3) is 5.69 Å². The number of aromatic nitrogens is 3. The summed E-state index contributed by atoms with van der Waals surface area (Å²) in [5.41, 5.74) is 2.12. The smallest absolute Gasteiger partial charge is 0.234 e. The Morgan fingerprint density at radius 1 is 0.821 bits per heavy atom. The highest BCUT2D eigenvalue weighted by molar-refractivity contribution is 7.99. The molecular formula is C28H29N5O5S. The summed E-state index contributed by atoms with van der Waals surface area (Å²) in [6.07, 6.45) is 0.236. The normalized spacial score (nSPS) is 10.5. The largest absolute Gasteiger partial charge is 0.497 e. The molecule has 1 heterocycles. The second-order valence-electron chi connectivity index (χ2n) is 8.25. The monoisotopic (exact) mass is 547 g/mol. The fourth-order valence-corrected chi connectivity index (χ4v) is 4.56. The number of methoxy groups -OCH3 is 3. The average Bonchev–Trinajstić information content (AvgIpc) is 3.37. The summed E-state index contributed by atoms with van der Waals surface area (Å²) in [6, 6.07) is 21.9. The maximum absolute atomic E-state index is 12.7. The van der Waals surface area contributed by atoms with Crippen LogP contribution in [0.15, 0.2) is 78.0 Å². The molecule has 1 aromatic heterocycles. The van der Waals surface area contributed by atoms with Crippen LogP contribution in [0.2, 0.25) is 0 Å². The van der Waals surface area contributed by atoms with E-state index in [0.717, 1.165) is 5.56 Å². The molecule has 2 N–H and O–H groups in total. The molecule has 2 amide bonds. The van der Waals surface area contributed by atoms with Crippen LogP contribution in [0.3, 0.4) is 0 Å². The maximum Gasteiger partial charge on any atom is 0.234 e. The van der Waals surface area contributed by atoms with E-state index in [9.17, 15) is 9.59 Å². The van der Waals surface area contributed by atoms with Gasteiger partial charge in [0.25, 0.3) is 0 Å². The number of carbonyl (C=O) groups excluding carboxylic acids is 2. The standard InChI is InChI=1S/C28H29N5O5S/c1-36-21-14-12-20(13-15-21)30-26(35)18-39-28-32-31-24(17-29-25(34)16-19-8-5-4-6-9-19)33(28)27-22(37-2)10-7-11-23(27)38-3/h4-15H,16-18H2,1-3H3,(H,29,34)(H,30,35). The zero-order valence-electron chi connectivity index (χ0n) is 21.8. The highest BCUT2D eigenvalue weighted by Crippen LogP contribution is 2.36. The zero-order chi connectivity index (χ0) is 27.6. The molecule has 0 bridgehead atoms. The third-order valence-corrected chi connectivity index (χ3v) is 6.61. The molecular weight excluding hydrogens is 518 g/mol. The Labute approximate surface area is 230 Å². The fourth-order valence-electron chi connectivity index (χ4n) is 3.81. The van der Waals surface area contributed by atoms with Gasteiger partial charge >= 0.3 is 0 Å². The number of hydrogen-bond acceptors (Lipinski definition) is 8. The van der Waals surface area contributed by atoms with E-state index < -0.39 is 0 Å². The summed E-state index contributed by atoms with van der Waals surface area (Å²) in [5, 5.41) is 14.9. The van der Waals surface area contributed by atoms with E-state index >= 15 is 0 Å². The molecule has 202 valence electrons. The number of anilines is 1. The summed E-state index contributed by atoms with van der Waals surface area (Å²) >= 11 is 1.20. The number of benzene rings is 3. The molecule has 4 rings (SSSR count). The quantitative estimate of drug-likeness (QED) is 0.257. The van der Waals surface area contributed by atoms with E-state index in [0.29, 0.717) is 39.6 Å². The molecule has 0 aliphatic heterocycles. The SMILES string of the molecule is COc1ccc(NC(=O)CSc2nnc(CNC(=O)Cc3ccccc3)n2-c2c(OC)cccc2OC)cc1. The molecule has 4 aromatic rings. The summed E-state index contributed by atoms with van der Waals surface area (Å²) in [5.74, 6) is 1.90. The first-order chi connectivity index (χ1) is 19.0. The van der Waals surface area contributed by atoms with Gasteiger partial charge in [-0.1, -0.05) is 48.2 Å². The number of rotatable bonds is 12.